The van der Waals surface area contributed by atoms with E-state index in [9.17, 15) is 19.2 Å². The molecule has 2 heterocycles. The highest BCUT2D eigenvalue weighted by Crippen LogP contribution is 2.19. The molecular formula is C27H29N5O4. The number of carbonyl (C=O) groups is 2. The van der Waals surface area contributed by atoms with Crippen molar-refractivity contribution in [3.05, 3.63) is 79.5 Å². The van der Waals surface area contributed by atoms with Crippen molar-refractivity contribution in [2.24, 2.45) is 7.05 Å². The van der Waals surface area contributed by atoms with Crippen LogP contribution in [0.15, 0.2) is 46.0 Å². The first-order valence-electron chi connectivity index (χ1n) is 12.3. The highest BCUT2D eigenvalue weighted by Gasteiger charge is 2.21. The third-order valence-electron chi connectivity index (χ3n) is 7.09. The summed E-state index contributed by atoms with van der Waals surface area (Å²) in [6, 6.07) is 10.4. The minimum absolute atomic E-state index is 0.108. The van der Waals surface area contributed by atoms with Gasteiger partial charge in [-0.05, 0) is 56.5 Å². The van der Waals surface area contributed by atoms with E-state index in [-0.39, 0.29) is 35.6 Å². The molecule has 1 aliphatic rings. The summed E-state index contributed by atoms with van der Waals surface area (Å²) in [4.78, 5) is 52.4. The normalized spacial score (nSPS) is 14.4. The van der Waals surface area contributed by atoms with Gasteiger partial charge in [0.2, 0.25) is 5.78 Å². The molecule has 0 unspecified atom stereocenters. The third kappa shape index (κ3) is 4.14. The van der Waals surface area contributed by atoms with Gasteiger partial charge in [0.25, 0.3) is 11.5 Å². The maximum absolute atomic E-state index is 13.4. The van der Waals surface area contributed by atoms with Crippen LogP contribution in [0.4, 0.5) is 0 Å². The van der Waals surface area contributed by atoms with Crippen LogP contribution in [0.3, 0.4) is 0 Å². The van der Waals surface area contributed by atoms with E-state index in [4.69, 9.17) is 0 Å². The Morgan fingerprint density at radius 1 is 1.03 bits per heavy atom. The summed E-state index contributed by atoms with van der Waals surface area (Å²) in [5, 5.41) is 7.68. The number of aromatic nitrogens is 4. The minimum Gasteiger partial charge on any atom is -0.349 e. The molecule has 0 bridgehead atoms. The number of benzene rings is 2. The van der Waals surface area contributed by atoms with E-state index in [2.05, 4.69) is 10.4 Å². The zero-order chi connectivity index (χ0) is 25.6. The van der Waals surface area contributed by atoms with Gasteiger partial charge >= 0.3 is 5.69 Å². The van der Waals surface area contributed by atoms with Crippen molar-refractivity contribution in [1.82, 2.24) is 24.1 Å². The molecule has 1 aliphatic carbocycles. The standard InChI is InChI=1S/C27H29N5O4/c1-16-9-10-17(2)21(13-16)23(33)15-31-27(36)32-22-14-18(24(34)28-19-7-5-4-6-8-19)11-12-20(22)25(35)30(3)26(32)29-31/h9-14,19H,4-8,15H2,1-3H3,(H,28,34). The molecule has 1 amide bonds. The molecule has 0 spiro atoms. The molecule has 4 aromatic rings. The Hall–Kier alpha value is -4.01. The number of hydrogen-bond donors (Lipinski definition) is 1. The van der Waals surface area contributed by atoms with Gasteiger partial charge in [0.1, 0.15) is 6.54 Å². The van der Waals surface area contributed by atoms with E-state index in [1.54, 1.807) is 24.3 Å². The lowest BCUT2D eigenvalue weighted by Gasteiger charge is -2.22. The number of fused-ring (bicyclic) bond motifs is 3. The van der Waals surface area contributed by atoms with Crippen LogP contribution in [0, 0.1) is 13.8 Å². The highest BCUT2D eigenvalue weighted by atomic mass is 16.2. The molecule has 0 saturated heterocycles. The van der Waals surface area contributed by atoms with Crippen molar-refractivity contribution in [1.29, 1.82) is 0 Å². The van der Waals surface area contributed by atoms with Crippen LogP contribution in [0.5, 0.6) is 0 Å². The number of carbonyl (C=O) groups excluding carboxylic acids is 2. The van der Waals surface area contributed by atoms with Crippen molar-refractivity contribution < 1.29 is 9.59 Å². The number of aryl methyl sites for hydroxylation is 3. The van der Waals surface area contributed by atoms with Gasteiger partial charge in [-0.25, -0.2) is 13.9 Å². The number of nitrogens with zero attached hydrogens (tertiary/aromatic N) is 4. The van der Waals surface area contributed by atoms with Crippen LogP contribution in [0.1, 0.15) is 63.9 Å². The summed E-state index contributed by atoms with van der Waals surface area (Å²) in [6.45, 7) is 3.48. The molecule has 1 fully saturated rings. The summed E-state index contributed by atoms with van der Waals surface area (Å²) in [7, 11) is 1.53. The number of nitrogens with one attached hydrogen (secondary N) is 1. The summed E-state index contributed by atoms with van der Waals surface area (Å²) in [6.07, 6.45) is 5.27. The predicted octanol–water partition coefficient (Wildman–Crippen LogP) is 2.91. The number of amides is 1. The maximum atomic E-state index is 13.4. The quantitative estimate of drug-likeness (QED) is 0.436. The van der Waals surface area contributed by atoms with E-state index in [0.717, 1.165) is 41.5 Å². The first-order valence-corrected chi connectivity index (χ1v) is 12.3. The Morgan fingerprint density at radius 3 is 2.53 bits per heavy atom. The second kappa shape index (κ2) is 9.22. The number of Topliss-reactive ketones (excluding diaryl/α,β-unsaturated/α-hetero) is 1. The zero-order valence-electron chi connectivity index (χ0n) is 20.7. The summed E-state index contributed by atoms with van der Waals surface area (Å²) in [5.74, 6) is -0.372. The summed E-state index contributed by atoms with van der Waals surface area (Å²) >= 11 is 0. The van der Waals surface area contributed by atoms with E-state index in [0.29, 0.717) is 22.0 Å². The predicted molar refractivity (Wildman–Crippen MR) is 137 cm³/mol. The number of ketones is 1. The van der Waals surface area contributed by atoms with Crippen LogP contribution >= 0.6 is 0 Å². The molecule has 9 heteroatoms. The molecule has 9 nitrogen and oxygen atoms in total. The molecular weight excluding hydrogens is 458 g/mol. The largest absolute Gasteiger partial charge is 0.352 e. The molecule has 1 N–H and O–H groups in total. The van der Waals surface area contributed by atoms with Gasteiger partial charge in [-0.15, -0.1) is 5.10 Å². The third-order valence-corrected chi connectivity index (χ3v) is 7.09. The lowest BCUT2D eigenvalue weighted by atomic mass is 9.95. The van der Waals surface area contributed by atoms with E-state index in [1.165, 1.54) is 22.4 Å². The van der Waals surface area contributed by atoms with Crippen molar-refractivity contribution in [2.45, 2.75) is 58.5 Å². The topological polar surface area (TPSA) is 107 Å². The highest BCUT2D eigenvalue weighted by molar-refractivity contribution is 5.98. The van der Waals surface area contributed by atoms with Gasteiger partial charge in [-0.3, -0.25) is 19.0 Å². The Kier molecular flexibility index (Phi) is 6.07. The Balaban J connectivity index is 1.58. The van der Waals surface area contributed by atoms with Crippen LogP contribution in [-0.4, -0.2) is 36.5 Å². The Labute approximate surface area is 207 Å². The molecule has 36 heavy (non-hydrogen) atoms. The molecule has 2 aromatic heterocycles. The number of rotatable bonds is 5. The molecule has 1 saturated carbocycles. The van der Waals surface area contributed by atoms with Crippen molar-refractivity contribution in [2.75, 3.05) is 0 Å². The van der Waals surface area contributed by atoms with Gasteiger partial charge in [0.15, 0.2) is 5.78 Å². The molecule has 0 aliphatic heterocycles. The summed E-state index contributed by atoms with van der Waals surface area (Å²) in [5.41, 5.74) is 2.06. The van der Waals surface area contributed by atoms with Crippen LogP contribution in [0.2, 0.25) is 0 Å². The van der Waals surface area contributed by atoms with Gasteiger partial charge < -0.3 is 5.32 Å². The lowest BCUT2D eigenvalue weighted by Crippen LogP contribution is -2.36. The van der Waals surface area contributed by atoms with E-state index < -0.39 is 5.69 Å². The van der Waals surface area contributed by atoms with Gasteiger partial charge in [0.05, 0.1) is 10.9 Å². The molecule has 0 atom stereocenters. The maximum Gasteiger partial charge on any atom is 0.352 e. The number of hydrogen-bond acceptors (Lipinski definition) is 5. The first-order chi connectivity index (χ1) is 17.2. The summed E-state index contributed by atoms with van der Waals surface area (Å²) < 4.78 is 3.65. The lowest BCUT2D eigenvalue weighted by molar-refractivity contribution is 0.0926. The van der Waals surface area contributed by atoms with E-state index in [1.807, 2.05) is 26.0 Å². The van der Waals surface area contributed by atoms with Gasteiger partial charge in [-0.2, -0.15) is 0 Å². The van der Waals surface area contributed by atoms with E-state index >= 15 is 0 Å². The van der Waals surface area contributed by atoms with Gasteiger partial charge in [0, 0.05) is 24.2 Å². The second-order valence-corrected chi connectivity index (χ2v) is 9.72. The van der Waals surface area contributed by atoms with Crippen LogP contribution < -0.4 is 16.6 Å². The molecule has 2 aromatic carbocycles. The van der Waals surface area contributed by atoms with Crippen molar-refractivity contribution in [3.63, 3.8) is 0 Å². The first kappa shape index (κ1) is 23.7. The average molecular weight is 488 g/mol. The van der Waals surface area contributed by atoms with Crippen molar-refractivity contribution >= 4 is 28.4 Å². The Morgan fingerprint density at radius 2 is 1.78 bits per heavy atom. The fourth-order valence-corrected chi connectivity index (χ4v) is 5.01. The molecule has 0 radical (unpaired) electrons. The second-order valence-electron chi connectivity index (χ2n) is 9.72. The average Bonchev–Trinajstić information content (AvgIpc) is 3.20. The monoisotopic (exact) mass is 487 g/mol. The van der Waals surface area contributed by atoms with Gasteiger partial charge in [-0.1, -0.05) is 37.0 Å². The minimum atomic E-state index is -0.547. The zero-order valence-corrected chi connectivity index (χ0v) is 20.7. The van der Waals surface area contributed by atoms with Crippen LogP contribution in [-0.2, 0) is 13.6 Å². The van der Waals surface area contributed by atoms with Crippen molar-refractivity contribution in [3.8, 4) is 0 Å². The fourth-order valence-electron chi connectivity index (χ4n) is 5.01. The smallest absolute Gasteiger partial charge is 0.349 e. The molecule has 5 rings (SSSR count). The molecule has 186 valence electrons. The Bertz CT molecular complexity index is 1640. The SMILES string of the molecule is Cc1ccc(C)c(C(=O)Cn2nc3n(C)c(=O)c4ccc(C(=O)NC5CCCCC5)cc4n3c2=O)c1. The van der Waals surface area contributed by atoms with Crippen LogP contribution in [0.25, 0.3) is 16.7 Å². The fraction of sp³-hybridized carbons (Fsp3) is 0.370.